The molecule has 0 radical (unpaired) electrons. The van der Waals surface area contributed by atoms with Crippen LogP contribution in [-0.4, -0.2) is 17.6 Å². The van der Waals surface area contributed by atoms with Crippen molar-refractivity contribution in [2.45, 2.75) is 58.7 Å². The third-order valence-electron chi connectivity index (χ3n) is 3.24. The van der Waals surface area contributed by atoms with Gasteiger partial charge in [0.2, 0.25) is 0 Å². The van der Waals surface area contributed by atoms with Crippen molar-refractivity contribution in [3.8, 4) is 0 Å². The second-order valence-corrected chi connectivity index (χ2v) is 7.27. The number of hydrogen-bond acceptors (Lipinski definition) is 4. The van der Waals surface area contributed by atoms with Crippen molar-refractivity contribution in [2.24, 2.45) is 5.92 Å². The summed E-state index contributed by atoms with van der Waals surface area (Å²) in [5.74, 6) is 0.698. The van der Waals surface area contributed by atoms with Crippen LogP contribution in [0.3, 0.4) is 0 Å². The topological polar surface area (TPSA) is 34.1 Å². The summed E-state index contributed by atoms with van der Waals surface area (Å²) >= 11 is 1.80. The molecule has 18 heavy (non-hydrogen) atoms. The van der Waals surface area contributed by atoms with Crippen LogP contribution < -0.4 is 5.32 Å². The molecule has 1 aromatic rings. The molecule has 1 N–H and O–H groups in total. The summed E-state index contributed by atoms with van der Waals surface area (Å²) in [6, 6.07) is 0. The molecule has 1 saturated carbocycles. The minimum atomic E-state index is 0.147. The lowest BCUT2D eigenvalue weighted by molar-refractivity contribution is 0.0843. The smallest absolute Gasteiger partial charge is 0.122 e. The van der Waals surface area contributed by atoms with Crippen LogP contribution in [0.2, 0.25) is 0 Å². The van der Waals surface area contributed by atoms with Crippen LogP contribution in [0.25, 0.3) is 0 Å². The zero-order chi connectivity index (χ0) is 13.3. The van der Waals surface area contributed by atoms with Gasteiger partial charge in [-0.05, 0) is 46.5 Å². The highest BCUT2D eigenvalue weighted by molar-refractivity contribution is 7.11. The Bertz CT molecular complexity index is 404. The highest BCUT2D eigenvalue weighted by Crippen LogP contribution is 2.44. The molecule has 0 amide bonds. The predicted octanol–water partition coefficient (Wildman–Crippen LogP) is 3.44. The van der Waals surface area contributed by atoms with Crippen molar-refractivity contribution in [2.75, 3.05) is 7.11 Å². The van der Waals surface area contributed by atoms with E-state index in [-0.39, 0.29) is 11.6 Å². The molecule has 4 heteroatoms. The molecule has 1 aliphatic rings. The zero-order valence-electron chi connectivity index (χ0n) is 12.0. The van der Waals surface area contributed by atoms with Gasteiger partial charge >= 0.3 is 0 Å². The highest BCUT2D eigenvalue weighted by Gasteiger charge is 2.34. The Balaban J connectivity index is 2.06. The third-order valence-corrected chi connectivity index (χ3v) is 4.45. The average Bonchev–Trinajstić information content (AvgIpc) is 3.01. The normalized spacial score (nSPS) is 18.1. The van der Waals surface area contributed by atoms with Crippen LogP contribution in [0.15, 0.2) is 0 Å². The van der Waals surface area contributed by atoms with Gasteiger partial charge in [0.25, 0.3) is 0 Å². The molecule has 1 atom stereocenters. The van der Waals surface area contributed by atoms with E-state index < -0.39 is 0 Å². The minimum Gasteiger partial charge on any atom is -0.374 e. The molecule has 2 rings (SSSR count). The number of methoxy groups -OCH3 is 1. The molecule has 1 fully saturated rings. The molecular weight excluding hydrogens is 244 g/mol. The molecule has 1 aromatic heterocycles. The molecule has 102 valence electrons. The molecule has 1 heterocycles. The number of aromatic nitrogens is 1. The average molecular weight is 268 g/mol. The number of nitrogens with one attached hydrogen (secondary N) is 1. The van der Waals surface area contributed by atoms with E-state index in [0.717, 1.165) is 17.2 Å². The van der Waals surface area contributed by atoms with Crippen molar-refractivity contribution in [3.05, 3.63) is 15.6 Å². The Morgan fingerprint density at radius 2 is 2.11 bits per heavy atom. The maximum absolute atomic E-state index is 5.60. The first-order valence-corrected chi connectivity index (χ1v) is 7.46. The minimum absolute atomic E-state index is 0.147. The first-order valence-electron chi connectivity index (χ1n) is 6.65. The van der Waals surface area contributed by atoms with Gasteiger partial charge in [0.1, 0.15) is 11.1 Å². The molecule has 1 aliphatic carbocycles. The molecular formula is C14H24N2OS. The van der Waals surface area contributed by atoms with E-state index in [2.05, 4.69) is 33.0 Å². The van der Waals surface area contributed by atoms with Crippen molar-refractivity contribution in [1.82, 2.24) is 10.3 Å². The van der Waals surface area contributed by atoms with Gasteiger partial charge < -0.3 is 10.1 Å². The van der Waals surface area contributed by atoms with Gasteiger partial charge in [-0.15, -0.1) is 11.3 Å². The fraction of sp³-hybridized carbons (Fsp3) is 0.786. The van der Waals surface area contributed by atoms with E-state index in [4.69, 9.17) is 9.72 Å². The largest absolute Gasteiger partial charge is 0.374 e. The molecule has 0 aliphatic heterocycles. The van der Waals surface area contributed by atoms with Crippen LogP contribution in [-0.2, 0) is 11.3 Å². The number of ether oxygens (including phenoxy) is 1. The summed E-state index contributed by atoms with van der Waals surface area (Å²) in [5.41, 5.74) is 1.29. The van der Waals surface area contributed by atoms with Gasteiger partial charge in [-0.2, -0.15) is 0 Å². The third kappa shape index (κ3) is 3.53. The number of aryl methyl sites for hydroxylation is 1. The second kappa shape index (κ2) is 5.27. The number of rotatable bonds is 5. The van der Waals surface area contributed by atoms with Crippen molar-refractivity contribution < 1.29 is 4.74 Å². The SMILES string of the molecule is COC(c1nc(C)c(CNC(C)(C)C)s1)C1CC1. The molecule has 0 aromatic carbocycles. The Hall–Kier alpha value is -0.450. The van der Waals surface area contributed by atoms with Crippen LogP contribution >= 0.6 is 11.3 Å². The quantitative estimate of drug-likeness (QED) is 0.888. The standard InChI is InChI=1S/C14H24N2OS/c1-9-11(8-15-14(2,3)4)18-13(16-9)12(17-5)10-6-7-10/h10,12,15H,6-8H2,1-5H3. The molecule has 3 nitrogen and oxygen atoms in total. The second-order valence-electron chi connectivity index (χ2n) is 6.16. The fourth-order valence-corrected chi connectivity index (χ4v) is 3.15. The van der Waals surface area contributed by atoms with E-state index in [1.807, 2.05) is 0 Å². The summed E-state index contributed by atoms with van der Waals surface area (Å²) in [5, 5.41) is 4.68. The van der Waals surface area contributed by atoms with Gasteiger partial charge in [-0.25, -0.2) is 4.98 Å². The lowest BCUT2D eigenvalue weighted by Gasteiger charge is -2.19. The van der Waals surface area contributed by atoms with Crippen LogP contribution in [0.4, 0.5) is 0 Å². The maximum Gasteiger partial charge on any atom is 0.122 e. The zero-order valence-corrected chi connectivity index (χ0v) is 12.9. The molecule has 0 saturated heterocycles. The molecule has 0 spiro atoms. The van der Waals surface area contributed by atoms with Gasteiger partial charge in [0, 0.05) is 24.1 Å². The Morgan fingerprint density at radius 1 is 1.44 bits per heavy atom. The summed E-state index contributed by atoms with van der Waals surface area (Å²) < 4.78 is 5.60. The van der Waals surface area contributed by atoms with E-state index in [1.165, 1.54) is 17.7 Å². The van der Waals surface area contributed by atoms with Crippen molar-refractivity contribution in [3.63, 3.8) is 0 Å². The number of hydrogen-bond donors (Lipinski definition) is 1. The first-order chi connectivity index (χ1) is 8.40. The first kappa shape index (κ1) is 14.0. The Labute approximate surface area is 114 Å². The molecule has 1 unspecified atom stereocenters. The summed E-state index contributed by atoms with van der Waals surface area (Å²) in [7, 11) is 1.80. The van der Waals surface area contributed by atoms with Crippen molar-refractivity contribution >= 4 is 11.3 Å². The van der Waals surface area contributed by atoms with Gasteiger partial charge in [-0.3, -0.25) is 0 Å². The summed E-state index contributed by atoms with van der Waals surface area (Å²) in [6.07, 6.45) is 2.79. The van der Waals surface area contributed by atoms with Crippen LogP contribution in [0, 0.1) is 12.8 Å². The van der Waals surface area contributed by atoms with E-state index in [0.29, 0.717) is 5.92 Å². The summed E-state index contributed by atoms with van der Waals surface area (Å²) in [4.78, 5) is 6.03. The predicted molar refractivity (Wildman–Crippen MR) is 75.9 cm³/mol. The Morgan fingerprint density at radius 3 is 2.61 bits per heavy atom. The van der Waals surface area contributed by atoms with Gasteiger partial charge in [-0.1, -0.05) is 0 Å². The van der Waals surface area contributed by atoms with Crippen LogP contribution in [0.5, 0.6) is 0 Å². The van der Waals surface area contributed by atoms with Crippen LogP contribution in [0.1, 0.15) is 55.3 Å². The summed E-state index contributed by atoms with van der Waals surface area (Å²) in [6.45, 7) is 9.55. The number of thiazole rings is 1. The van der Waals surface area contributed by atoms with Gasteiger partial charge in [0.15, 0.2) is 0 Å². The maximum atomic E-state index is 5.60. The molecule has 0 bridgehead atoms. The van der Waals surface area contributed by atoms with E-state index in [1.54, 1.807) is 18.4 Å². The van der Waals surface area contributed by atoms with Gasteiger partial charge in [0.05, 0.1) is 5.69 Å². The monoisotopic (exact) mass is 268 g/mol. The lowest BCUT2D eigenvalue weighted by Crippen LogP contribution is -2.34. The van der Waals surface area contributed by atoms with E-state index >= 15 is 0 Å². The fourth-order valence-electron chi connectivity index (χ4n) is 1.98. The Kier molecular flexibility index (Phi) is 4.09. The highest BCUT2D eigenvalue weighted by atomic mass is 32.1. The van der Waals surface area contributed by atoms with Crippen molar-refractivity contribution in [1.29, 1.82) is 0 Å². The van der Waals surface area contributed by atoms with E-state index in [9.17, 15) is 0 Å². The lowest BCUT2D eigenvalue weighted by atomic mass is 10.1. The number of nitrogens with zero attached hydrogens (tertiary/aromatic N) is 1.